The van der Waals surface area contributed by atoms with Crippen molar-refractivity contribution < 1.29 is 0 Å². The van der Waals surface area contributed by atoms with Gasteiger partial charge in [0.2, 0.25) is 5.95 Å². The summed E-state index contributed by atoms with van der Waals surface area (Å²) in [5.74, 6) is 0.484. The molecule has 4 nitrogen and oxygen atoms in total. The van der Waals surface area contributed by atoms with Gasteiger partial charge >= 0.3 is 0 Å². The van der Waals surface area contributed by atoms with Crippen LogP contribution < -0.4 is 5.73 Å². The van der Waals surface area contributed by atoms with Gasteiger partial charge in [-0.1, -0.05) is 11.6 Å². The molecule has 0 unspecified atom stereocenters. The van der Waals surface area contributed by atoms with E-state index in [0.717, 1.165) is 16.0 Å². The first-order valence-corrected chi connectivity index (χ1v) is 6.29. The van der Waals surface area contributed by atoms with Crippen LogP contribution in [0.15, 0.2) is 29.8 Å². The van der Waals surface area contributed by atoms with Gasteiger partial charge in [0.1, 0.15) is 5.01 Å². The number of aromatic nitrogens is 3. The summed E-state index contributed by atoms with van der Waals surface area (Å²) in [6, 6.07) is 5.57. The van der Waals surface area contributed by atoms with Crippen LogP contribution in [0.3, 0.4) is 0 Å². The maximum atomic E-state index is 5.92. The number of nitrogens with two attached hydrogens (primary N) is 1. The third kappa shape index (κ3) is 1.87. The van der Waals surface area contributed by atoms with E-state index >= 15 is 0 Å². The van der Waals surface area contributed by atoms with E-state index in [0.29, 0.717) is 17.5 Å². The summed E-state index contributed by atoms with van der Waals surface area (Å²) in [7, 11) is 0. The molecule has 3 aromatic rings. The average Bonchev–Trinajstić information content (AvgIpc) is 2.88. The molecule has 0 spiro atoms. The molecule has 0 atom stereocenters. The van der Waals surface area contributed by atoms with Crippen molar-refractivity contribution >= 4 is 39.9 Å². The zero-order chi connectivity index (χ0) is 11.8. The zero-order valence-electron chi connectivity index (χ0n) is 8.80. The molecule has 0 bridgehead atoms. The van der Waals surface area contributed by atoms with E-state index in [2.05, 4.69) is 9.97 Å². The van der Waals surface area contributed by atoms with Crippen LogP contribution in [0, 0.1) is 0 Å². The van der Waals surface area contributed by atoms with Gasteiger partial charge in [0, 0.05) is 16.6 Å². The normalized spacial score (nSPS) is 11.1. The van der Waals surface area contributed by atoms with Crippen molar-refractivity contribution in [3.05, 3.63) is 39.8 Å². The van der Waals surface area contributed by atoms with Gasteiger partial charge in [0.05, 0.1) is 17.6 Å². The zero-order valence-corrected chi connectivity index (χ0v) is 10.4. The van der Waals surface area contributed by atoms with Crippen LogP contribution in [0.5, 0.6) is 0 Å². The summed E-state index contributed by atoms with van der Waals surface area (Å²) >= 11 is 7.52. The average molecular weight is 265 g/mol. The van der Waals surface area contributed by atoms with E-state index in [1.165, 1.54) is 0 Å². The van der Waals surface area contributed by atoms with Crippen LogP contribution in [0.2, 0.25) is 5.02 Å². The van der Waals surface area contributed by atoms with Crippen molar-refractivity contribution in [2.24, 2.45) is 0 Å². The van der Waals surface area contributed by atoms with E-state index < -0.39 is 0 Å². The largest absolute Gasteiger partial charge is 0.369 e. The van der Waals surface area contributed by atoms with Crippen molar-refractivity contribution in [1.29, 1.82) is 0 Å². The Hall–Kier alpha value is -1.59. The van der Waals surface area contributed by atoms with E-state index in [9.17, 15) is 0 Å². The lowest BCUT2D eigenvalue weighted by Crippen LogP contribution is -2.04. The highest BCUT2D eigenvalue weighted by Crippen LogP contribution is 2.23. The van der Waals surface area contributed by atoms with Crippen molar-refractivity contribution in [3.8, 4) is 0 Å². The number of halogens is 1. The molecule has 86 valence electrons. The molecule has 2 heterocycles. The van der Waals surface area contributed by atoms with Crippen molar-refractivity contribution in [2.45, 2.75) is 6.54 Å². The Labute approximate surface area is 107 Å². The third-order valence-corrected chi connectivity index (χ3v) is 3.52. The second-order valence-corrected chi connectivity index (χ2v) is 5.03. The number of imidazole rings is 1. The molecule has 0 aliphatic rings. The summed E-state index contributed by atoms with van der Waals surface area (Å²) in [5.41, 5.74) is 7.69. The highest BCUT2D eigenvalue weighted by Gasteiger charge is 2.09. The van der Waals surface area contributed by atoms with Gasteiger partial charge in [-0.15, -0.1) is 11.3 Å². The standard InChI is InChI=1S/C11H9ClN4S/c12-7-1-2-9-8(5-7)15-11(13)16(9)6-10-14-3-4-17-10/h1-5H,6H2,(H2,13,15). The van der Waals surface area contributed by atoms with Gasteiger partial charge in [-0.3, -0.25) is 0 Å². The number of nitrogens with zero attached hydrogens (tertiary/aromatic N) is 3. The molecule has 1 aromatic carbocycles. The second kappa shape index (κ2) is 4.01. The van der Waals surface area contributed by atoms with Gasteiger partial charge in [0.25, 0.3) is 0 Å². The molecular formula is C11H9ClN4S. The molecule has 0 saturated heterocycles. The van der Waals surface area contributed by atoms with Gasteiger partial charge < -0.3 is 10.3 Å². The van der Waals surface area contributed by atoms with Crippen molar-refractivity contribution in [2.75, 3.05) is 5.73 Å². The molecule has 2 aromatic heterocycles. The summed E-state index contributed by atoms with van der Waals surface area (Å²) < 4.78 is 1.94. The van der Waals surface area contributed by atoms with Crippen LogP contribution in [0.25, 0.3) is 11.0 Å². The maximum Gasteiger partial charge on any atom is 0.201 e. The number of hydrogen-bond donors (Lipinski definition) is 1. The van der Waals surface area contributed by atoms with Crippen LogP contribution in [-0.2, 0) is 6.54 Å². The smallest absolute Gasteiger partial charge is 0.201 e. The molecular weight excluding hydrogens is 256 g/mol. The lowest BCUT2D eigenvalue weighted by atomic mass is 10.3. The highest BCUT2D eigenvalue weighted by atomic mass is 35.5. The summed E-state index contributed by atoms with van der Waals surface area (Å²) in [5, 5.41) is 3.61. The number of benzene rings is 1. The molecule has 3 rings (SSSR count). The molecule has 0 aliphatic carbocycles. The van der Waals surface area contributed by atoms with Crippen LogP contribution in [0.4, 0.5) is 5.95 Å². The summed E-state index contributed by atoms with van der Waals surface area (Å²) in [4.78, 5) is 8.53. The molecule has 6 heteroatoms. The fourth-order valence-corrected chi connectivity index (χ4v) is 2.52. The Morgan fingerprint density at radius 1 is 1.41 bits per heavy atom. The molecule has 0 aliphatic heterocycles. The molecule has 0 fully saturated rings. The Balaban J connectivity index is 2.12. The van der Waals surface area contributed by atoms with Gasteiger partial charge in [-0.25, -0.2) is 9.97 Å². The number of rotatable bonds is 2. The minimum atomic E-state index is 0.484. The Morgan fingerprint density at radius 3 is 3.06 bits per heavy atom. The monoisotopic (exact) mass is 264 g/mol. The van der Waals surface area contributed by atoms with Crippen LogP contribution in [0.1, 0.15) is 5.01 Å². The highest BCUT2D eigenvalue weighted by molar-refractivity contribution is 7.09. The van der Waals surface area contributed by atoms with E-state index in [1.54, 1.807) is 17.5 Å². The minimum Gasteiger partial charge on any atom is -0.369 e. The summed E-state index contributed by atoms with van der Waals surface area (Å²) in [6.07, 6.45) is 1.78. The molecule has 0 saturated carbocycles. The maximum absolute atomic E-state index is 5.92. The number of nitrogen functional groups attached to an aromatic ring is 1. The van der Waals surface area contributed by atoms with Gasteiger partial charge in [-0.2, -0.15) is 0 Å². The van der Waals surface area contributed by atoms with E-state index in [4.69, 9.17) is 17.3 Å². The lowest BCUT2D eigenvalue weighted by molar-refractivity contribution is 0.830. The molecule has 17 heavy (non-hydrogen) atoms. The SMILES string of the molecule is Nc1nc2cc(Cl)ccc2n1Cc1nccs1. The van der Waals surface area contributed by atoms with Crippen molar-refractivity contribution in [3.63, 3.8) is 0 Å². The predicted molar refractivity (Wildman–Crippen MR) is 70.4 cm³/mol. The predicted octanol–water partition coefficient (Wildman–Crippen LogP) is 2.78. The summed E-state index contributed by atoms with van der Waals surface area (Å²) in [6.45, 7) is 0.641. The number of anilines is 1. The first-order valence-electron chi connectivity index (χ1n) is 5.03. The fraction of sp³-hybridized carbons (Fsp3) is 0.0909. The first kappa shape index (κ1) is 10.6. The topological polar surface area (TPSA) is 56.7 Å². The Bertz CT molecular complexity index is 659. The number of thiazole rings is 1. The number of fused-ring (bicyclic) bond motifs is 1. The fourth-order valence-electron chi connectivity index (χ4n) is 1.75. The lowest BCUT2D eigenvalue weighted by Gasteiger charge is -2.03. The first-order chi connectivity index (χ1) is 8.24. The third-order valence-electron chi connectivity index (χ3n) is 2.52. The Morgan fingerprint density at radius 2 is 2.29 bits per heavy atom. The number of hydrogen-bond acceptors (Lipinski definition) is 4. The molecule has 0 amide bonds. The van der Waals surface area contributed by atoms with Crippen LogP contribution >= 0.6 is 22.9 Å². The van der Waals surface area contributed by atoms with Gasteiger partial charge in [-0.05, 0) is 18.2 Å². The minimum absolute atomic E-state index is 0.484. The van der Waals surface area contributed by atoms with E-state index in [-0.39, 0.29) is 0 Å². The second-order valence-electron chi connectivity index (χ2n) is 3.62. The quantitative estimate of drug-likeness (QED) is 0.774. The van der Waals surface area contributed by atoms with Gasteiger partial charge in [0.15, 0.2) is 0 Å². The van der Waals surface area contributed by atoms with Crippen LogP contribution in [-0.4, -0.2) is 14.5 Å². The Kier molecular flexibility index (Phi) is 2.49. The molecule has 0 radical (unpaired) electrons. The van der Waals surface area contributed by atoms with E-state index in [1.807, 2.05) is 28.1 Å². The molecule has 2 N–H and O–H groups in total. The van der Waals surface area contributed by atoms with Crippen molar-refractivity contribution in [1.82, 2.24) is 14.5 Å².